The SMILES string of the molecule is C=C(NC(CCC)c1ccc(OCCOCCN(CC)CCS(C)=O)cc1)/C(C#N)=C/c1cccc(F)n1. The molecule has 0 radical (unpaired) electrons. The highest BCUT2D eigenvalue weighted by Crippen LogP contribution is 2.24. The average Bonchev–Trinajstić information content (AvgIpc) is 2.90. The van der Waals surface area contributed by atoms with Crippen molar-refractivity contribution in [1.29, 1.82) is 5.26 Å². The van der Waals surface area contributed by atoms with Crippen LogP contribution < -0.4 is 10.1 Å². The molecule has 0 amide bonds. The molecule has 1 aromatic carbocycles. The molecule has 2 unspecified atom stereocenters. The number of rotatable bonds is 18. The zero-order chi connectivity index (χ0) is 27.8. The highest BCUT2D eigenvalue weighted by atomic mass is 32.2. The number of pyridine rings is 1. The maximum atomic E-state index is 13.4. The molecule has 1 N–H and O–H groups in total. The molecule has 0 saturated heterocycles. The first-order chi connectivity index (χ1) is 18.4. The highest BCUT2D eigenvalue weighted by molar-refractivity contribution is 7.84. The maximum Gasteiger partial charge on any atom is 0.213 e. The summed E-state index contributed by atoms with van der Waals surface area (Å²) >= 11 is 0. The van der Waals surface area contributed by atoms with Crippen molar-refractivity contribution in [3.05, 3.63) is 77.5 Å². The molecular weight excluding hydrogens is 503 g/mol. The Kier molecular flexibility index (Phi) is 14.3. The summed E-state index contributed by atoms with van der Waals surface area (Å²) in [4.78, 5) is 6.02. The molecule has 0 bridgehead atoms. The molecular formula is C29H39FN4O3S. The first-order valence-electron chi connectivity index (χ1n) is 12.9. The van der Waals surface area contributed by atoms with Gasteiger partial charge in [0.05, 0.1) is 30.5 Å². The molecule has 0 aliphatic heterocycles. The Balaban J connectivity index is 1.85. The van der Waals surface area contributed by atoms with Crippen molar-refractivity contribution < 1.29 is 18.1 Å². The lowest BCUT2D eigenvalue weighted by Crippen LogP contribution is -2.31. The van der Waals surface area contributed by atoms with Crippen LogP contribution in [0.15, 0.2) is 60.3 Å². The Morgan fingerprint density at radius 3 is 2.61 bits per heavy atom. The van der Waals surface area contributed by atoms with E-state index in [4.69, 9.17) is 9.47 Å². The maximum absolute atomic E-state index is 13.4. The Hall–Kier alpha value is -3.06. The summed E-state index contributed by atoms with van der Waals surface area (Å²) < 4.78 is 36.2. The fourth-order valence-corrected chi connectivity index (χ4v) is 4.25. The van der Waals surface area contributed by atoms with Crippen LogP contribution in [0.2, 0.25) is 0 Å². The van der Waals surface area contributed by atoms with Crippen molar-refractivity contribution in [3.8, 4) is 11.8 Å². The summed E-state index contributed by atoms with van der Waals surface area (Å²) in [6, 6.07) is 14.4. The minimum atomic E-state index is -0.780. The minimum Gasteiger partial charge on any atom is -0.491 e. The second-order valence-corrected chi connectivity index (χ2v) is 10.3. The molecule has 1 aromatic heterocycles. The largest absolute Gasteiger partial charge is 0.491 e. The van der Waals surface area contributed by atoms with Gasteiger partial charge in [0.25, 0.3) is 0 Å². The van der Waals surface area contributed by atoms with Crippen molar-refractivity contribution in [3.63, 3.8) is 0 Å². The first kappa shape index (κ1) is 31.2. The van der Waals surface area contributed by atoms with E-state index in [2.05, 4.69) is 41.7 Å². The molecule has 0 aliphatic carbocycles. The van der Waals surface area contributed by atoms with Crippen LogP contribution in [0.4, 0.5) is 4.39 Å². The van der Waals surface area contributed by atoms with E-state index in [0.29, 0.717) is 42.5 Å². The number of halogens is 1. The van der Waals surface area contributed by atoms with Crippen molar-refractivity contribution in [2.75, 3.05) is 51.5 Å². The molecule has 7 nitrogen and oxygen atoms in total. The van der Waals surface area contributed by atoms with Gasteiger partial charge in [-0.3, -0.25) is 4.21 Å². The monoisotopic (exact) mass is 542 g/mol. The van der Waals surface area contributed by atoms with Crippen molar-refractivity contribution >= 4 is 16.9 Å². The van der Waals surface area contributed by atoms with Gasteiger partial charge in [-0.15, -0.1) is 0 Å². The topological polar surface area (TPSA) is 87.5 Å². The fourth-order valence-electron chi connectivity index (χ4n) is 3.73. The van der Waals surface area contributed by atoms with E-state index in [1.54, 1.807) is 18.4 Å². The predicted molar refractivity (Wildman–Crippen MR) is 152 cm³/mol. The molecule has 2 aromatic rings. The number of hydrogen-bond acceptors (Lipinski definition) is 7. The molecule has 38 heavy (non-hydrogen) atoms. The van der Waals surface area contributed by atoms with E-state index in [1.807, 2.05) is 24.3 Å². The molecule has 1 heterocycles. The molecule has 206 valence electrons. The van der Waals surface area contributed by atoms with Crippen LogP contribution in [0.1, 0.15) is 44.0 Å². The van der Waals surface area contributed by atoms with Crippen LogP contribution in [-0.4, -0.2) is 65.6 Å². The number of nitrogens with one attached hydrogen (secondary N) is 1. The number of nitrogens with zero attached hydrogens (tertiary/aromatic N) is 3. The van der Waals surface area contributed by atoms with Crippen LogP contribution >= 0.6 is 0 Å². The van der Waals surface area contributed by atoms with Gasteiger partial charge in [0.15, 0.2) is 0 Å². The van der Waals surface area contributed by atoms with E-state index in [9.17, 15) is 13.9 Å². The second kappa shape index (κ2) is 17.4. The zero-order valence-corrected chi connectivity index (χ0v) is 23.4. The summed E-state index contributed by atoms with van der Waals surface area (Å²) in [5.74, 6) is 0.831. The minimum absolute atomic E-state index is 0.0475. The molecule has 0 saturated carbocycles. The molecule has 2 atom stereocenters. The van der Waals surface area contributed by atoms with Crippen LogP contribution in [0.25, 0.3) is 6.08 Å². The lowest BCUT2D eigenvalue weighted by molar-refractivity contribution is 0.0821. The van der Waals surface area contributed by atoms with Crippen molar-refractivity contribution in [2.45, 2.75) is 32.7 Å². The number of nitriles is 1. The van der Waals surface area contributed by atoms with E-state index in [0.717, 1.165) is 43.8 Å². The van der Waals surface area contributed by atoms with Gasteiger partial charge in [-0.05, 0) is 48.9 Å². The molecule has 0 spiro atoms. The molecule has 2 rings (SSSR count). The highest BCUT2D eigenvalue weighted by Gasteiger charge is 2.14. The third-order valence-corrected chi connectivity index (χ3v) is 6.63. The van der Waals surface area contributed by atoms with Gasteiger partial charge in [-0.25, -0.2) is 4.98 Å². The van der Waals surface area contributed by atoms with Crippen LogP contribution in [0.3, 0.4) is 0 Å². The van der Waals surface area contributed by atoms with Gasteiger partial charge < -0.3 is 19.7 Å². The summed E-state index contributed by atoms with van der Waals surface area (Å²) in [5.41, 5.74) is 2.16. The smallest absolute Gasteiger partial charge is 0.213 e. The van der Waals surface area contributed by atoms with Crippen LogP contribution in [0, 0.1) is 17.3 Å². The fraction of sp³-hybridized carbons (Fsp3) is 0.448. The second-order valence-electron chi connectivity index (χ2n) is 8.76. The number of hydrogen-bond donors (Lipinski definition) is 1. The van der Waals surface area contributed by atoms with E-state index in [-0.39, 0.29) is 6.04 Å². The lowest BCUT2D eigenvalue weighted by Gasteiger charge is -2.21. The Morgan fingerprint density at radius 1 is 1.21 bits per heavy atom. The molecule has 9 heteroatoms. The van der Waals surface area contributed by atoms with Crippen LogP contribution in [-0.2, 0) is 15.5 Å². The standard InChI is InChI=1S/C29H39FN4O3S/c1-5-8-28(32-23(3)25(22-31)21-26-9-7-10-29(30)33-26)24-11-13-27(14-12-24)37-19-18-36-17-15-34(6-2)16-20-38(4)35/h7,9-14,21,28,32H,3,5-6,8,15-20H2,1-2,4H3/b25-21+. The van der Waals surface area contributed by atoms with Gasteiger partial charge in [-0.1, -0.05) is 45.0 Å². The van der Waals surface area contributed by atoms with E-state index in [1.165, 1.54) is 12.1 Å². The van der Waals surface area contributed by atoms with Crippen molar-refractivity contribution in [2.24, 2.45) is 0 Å². The summed E-state index contributed by atoms with van der Waals surface area (Å²) in [6.45, 7) is 12.3. The number of ether oxygens (including phenoxy) is 2. The van der Waals surface area contributed by atoms with Gasteiger partial charge in [-0.2, -0.15) is 9.65 Å². The Bertz CT molecular complexity index is 1100. The van der Waals surface area contributed by atoms with E-state index < -0.39 is 16.7 Å². The van der Waals surface area contributed by atoms with Crippen molar-refractivity contribution in [1.82, 2.24) is 15.2 Å². The Labute approximate surface area is 228 Å². The third kappa shape index (κ3) is 11.5. The molecule has 0 aliphatic rings. The summed E-state index contributed by atoms with van der Waals surface area (Å²) in [5, 5.41) is 13.0. The summed E-state index contributed by atoms with van der Waals surface area (Å²) in [6.07, 6.45) is 5.02. The van der Waals surface area contributed by atoms with E-state index >= 15 is 0 Å². The number of allylic oxidation sites excluding steroid dienone is 1. The van der Waals surface area contributed by atoms with Gasteiger partial charge in [0, 0.05) is 41.6 Å². The number of likely N-dealkylation sites (N-methyl/N-ethyl adjacent to an activating group) is 1. The molecule has 0 fully saturated rings. The number of aromatic nitrogens is 1. The average molecular weight is 543 g/mol. The Morgan fingerprint density at radius 2 is 1.97 bits per heavy atom. The summed E-state index contributed by atoms with van der Waals surface area (Å²) in [7, 11) is -0.780. The quantitative estimate of drug-likeness (QED) is 0.124. The van der Waals surface area contributed by atoms with Gasteiger partial charge in [0.1, 0.15) is 18.4 Å². The zero-order valence-electron chi connectivity index (χ0n) is 22.6. The van der Waals surface area contributed by atoms with Gasteiger partial charge >= 0.3 is 0 Å². The first-order valence-corrected chi connectivity index (χ1v) is 14.6. The van der Waals surface area contributed by atoms with Crippen LogP contribution in [0.5, 0.6) is 5.75 Å². The van der Waals surface area contributed by atoms with Gasteiger partial charge in [0.2, 0.25) is 5.95 Å². The lowest BCUT2D eigenvalue weighted by atomic mass is 10.0. The predicted octanol–water partition coefficient (Wildman–Crippen LogP) is 4.87. The third-order valence-electron chi connectivity index (χ3n) is 5.87. The normalized spacial score (nSPS) is 13.1. The number of benzene rings is 1.